The molecule has 0 aliphatic carbocycles. The maximum absolute atomic E-state index is 11.8. The Hall–Kier alpha value is -1.47. The molecule has 0 bridgehead atoms. The predicted molar refractivity (Wildman–Crippen MR) is 62.7 cm³/mol. The van der Waals surface area contributed by atoms with Crippen molar-refractivity contribution < 1.29 is 27.9 Å². The Morgan fingerprint density at radius 1 is 1.26 bits per heavy atom. The molecule has 0 aromatic carbocycles. The van der Waals surface area contributed by atoms with E-state index in [1.807, 2.05) is 0 Å². The van der Waals surface area contributed by atoms with Crippen molar-refractivity contribution in [3.8, 4) is 0 Å². The molecule has 8 heteroatoms. The molecule has 5 nitrogen and oxygen atoms in total. The predicted octanol–water partition coefficient (Wildman–Crippen LogP) is 2.13. The van der Waals surface area contributed by atoms with Gasteiger partial charge in [-0.1, -0.05) is 13.8 Å². The summed E-state index contributed by atoms with van der Waals surface area (Å²) >= 11 is 0. The van der Waals surface area contributed by atoms with Gasteiger partial charge in [-0.3, -0.25) is 4.79 Å². The van der Waals surface area contributed by atoms with Crippen molar-refractivity contribution in [3.05, 3.63) is 0 Å². The zero-order chi connectivity index (χ0) is 15.1. The fraction of sp³-hybridized carbons (Fsp3) is 0.818. The first kappa shape index (κ1) is 17.5. The highest BCUT2D eigenvalue weighted by Gasteiger charge is 2.26. The molecule has 0 fully saturated rings. The summed E-state index contributed by atoms with van der Waals surface area (Å²) in [7, 11) is 0. The monoisotopic (exact) mass is 284 g/mol. The first-order valence-corrected chi connectivity index (χ1v) is 5.94. The van der Waals surface area contributed by atoms with Crippen molar-refractivity contribution in [2.75, 3.05) is 6.54 Å². The SMILES string of the molecule is CC(C)C(CC(=O)O)NC(=O)NCCCC(F)(F)F. The number of carboxylic acid groups (broad SMARTS) is 1. The van der Waals surface area contributed by atoms with E-state index in [1.54, 1.807) is 13.8 Å². The number of carbonyl (C=O) groups excluding carboxylic acids is 1. The van der Waals surface area contributed by atoms with Crippen molar-refractivity contribution in [1.82, 2.24) is 10.6 Å². The second-order valence-electron chi connectivity index (χ2n) is 4.57. The quantitative estimate of drug-likeness (QED) is 0.627. The summed E-state index contributed by atoms with van der Waals surface area (Å²) in [4.78, 5) is 21.9. The summed E-state index contributed by atoms with van der Waals surface area (Å²) < 4.78 is 35.5. The number of nitrogens with one attached hydrogen (secondary N) is 2. The van der Waals surface area contributed by atoms with E-state index in [9.17, 15) is 22.8 Å². The lowest BCUT2D eigenvalue weighted by molar-refractivity contribution is -0.138. The van der Waals surface area contributed by atoms with Crippen LogP contribution in [0.5, 0.6) is 0 Å². The average Bonchev–Trinajstić information content (AvgIpc) is 2.21. The van der Waals surface area contributed by atoms with E-state index < -0.39 is 30.6 Å². The highest BCUT2D eigenvalue weighted by Crippen LogP contribution is 2.20. The Bertz CT molecular complexity index is 306. The van der Waals surface area contributed by atoms with Gasteiger partial charge in [-0.05, 0) is 12.3 Å². The molecule has 0 aromatic heterocycles. The van der Waals surface area contributed by atoms with Crippen molar-refractivity contribution in [3.63, 3.8) is 0 Å². The number of urea groups is 1. The minimum atomic E-state index is -4.23. The summed E-state index contributed by atoms with van der Waals surface area (Å²) in [5.74, 6) is -1.13. The molecule has 1 atom stereocenters. The molecule has 2 amide bonds. The van der Waals surface area contributed by atoms with Gasteiger partial charge in [-0.25, -0.2) is 4.79 Å². The van der Waals surface area contributed by atoms with Crippen LogP contribution in [0.25, 0.3) is 0 Å². The molecule has 1 unspecified atom stereocenters. The van der Waals surface area contributed by atoms with Crippen molar-refractivity contribution in [1.29, 1.82) is 0 Å². The van der Waals surface area contributed by atoms with Crippen molar-refractivity contribution >= 4 is 12.0 Å². The lowest BCUT2D eigenvalue weighted by atomic mass is 10.0. The van der Waals surface area contributed by atoms with Crippen LogP contribution in [0.4, 0.5) is 18.0 Å². The van der Waals surface area contributed by atoms with E-state index >= 15 is 0 Å². The number of carbonyl (C=O) groups is 2. The molecular weight excluding hydrogens is 265 g/mol. The summed E-state index contributed by atoms with van der Waals surface area (Å²) in [5.41, 5.74) is 0. The first-order chi connectivity index (χ1) is 8.61. The van der Waals surface area contributed by atoms with Crippen LogP contribution in [-0.4, -0.2) is 35.9 Å². The van der Waals surface area contributed by atoms with E-state index in [2.05, 4.69) is 10.6 Å². The van der Waals surface area contributed by atoms with Gasteiger partial charge in [0.15, 0.2) is 0 Å². The third kappa shape index (κ3) is 10.2. The standard InChI is InChI=1S/C11H19F3N2O3/c1-7(2)8(6-9(17)18)16-10(19)15-5-3-4-11(12,13)14/h7-8H,3-6H2,1-2H3,(H,17,18)(H2,15,16,19). The second-order valence-corrected chi connectivity index (χ2v) is 4.57. The number of hydrogen-bond acceptors (Lipinski definition) is 2. The van der Waals surface area contributed by atoms with Gasteiger partial charge in [0.1, 0.15) is 0 Å². The van der Waals surface area contributed by atoms with Gasteiger partial charge >= 0.3 is 18.2 Å². The Labute approximate surface area is 109 Å². The average molecular weight is 284 g/mol. The number of amides is 2. The molecule has 0 aromatic rings. The molecule has 0 rings (SSSR count). The highest BCUT2D eigenvalue weighted by molar-refractivity contribution is 5.75. The molecule has 0 heterocycles. The third-order valence-corrected chi connectivity index (χ3v) is 2.44. The highest BCUT2D eigenvalue weighted by atomic mass is 19.4. The van der Waals surface area contributed by atoms with Crippen LogP contribution in [0.15, 0.2) is 0 Å². The third-order valence-electron chi connectivity index (χ3n) is 2.44. The Balaban J connectivity index is 3.97. The van der Waals surface area contributed by atoms with E-state index in [0.717, 1.165) is 0 Å². The Morgan fingerprint density at radius 2 is 1.84 bits per heavy atom. The molecule has 0 radical (unpaired) electrons. The molecule has 3 N–H and O–H groups in total. The van der Waals surface area contributed by atoms with Gasteiger partial charge < -0.3 is 15.7 Å². The zero-order valence-corrected chi connectivity index (χ0v) is 10.9. The van der Waals surface area contributed by atoms with E-state index in [-0.39, 0.29) is 25.3 Å². The van der Waals surface area contributed by atoms with Crippen LogP contribution in [0.2, 0.25) is 0 Å². The molecule has 0 spiro atoms. The van der Waals surface area contributed by atoms with E-state index in [1.165, 1.54) is 0 Å². The molecule has 0 saturated heterocycles. The minimum absolute atomic E-state index is 0.0861. The number of hydrogen-bond donors (Lipinski definition) is 3. The summed E-state index contributed by atoms with van der Waals surface area (Å²) in [6, 6.07) is -1.21. The van der Waals surface area contributed by atoms with Gasteiger partial charge in [-0.15, -0.1) is 0 Å². The van der Waals surface area contributed by atoms with Crippen LogP contribution in [0, 0.1) is 5.92 Å². The smallest absolute Gasteiger partial charge is 0.389 e. The molecular formula is C11H19F3N2O3. The maximum Gasteiger partial charge on any atom is 0.389 e. The summed E-state index contributed by atoms with van der Waals surface area (Å²) in [6.45, 7) is 3.39. The first-order valence-electron chi connectivity index (χ1n) is 5.94. The summed E-state index contributed by atoms with van der Waals surface area (Å²) in [5, 5.41) is 13.4. The molecule has 0 saturated carbocycles. The van der Waals surface area contributed by atoms with Crippen LogP contribution in [-0.2, 0) is 4.79 Å². The molecule has 112 valence electrons. The van der Waals surface area contributed by atoms with Gasteiger partial charge in [-0.2, -0.15) is 13.2 Å². The van der Waals surface area contributed by atoms with Crippen LogP contribution < -0.4 is 10.6 Å². The number of aliphatic carboxylic acids is 1. The van der Waals surface area contributed by atoms with Gasteiger partial charge in [0.2, 0.25) is 0 Å². The normalized spacial score (nSPS) is 13.2. The van der Waals surface area contributed by atoms with Gasteiger partial charge in [0, 0.05) is 19.0 Å². The van der Waals surface area contributed by atoms with Crippen LogP contribution >= 0.6 is 0 Å². The summed E-state index contributed by atoms with van der Waals surface area (Å²) in [6.07, 6.45) is -5.63. The fourth-order valence-electron chi connectivity index (χ4n) is 1.35. The number of carboxylic acids is 1. The fourth-order valence-corrected chi connectivity index (χ4v) is 1.35. The largest absolute Gasteiger partial charge is 0.481 e. The Kier molecular flexibility index (Phi) is 7.25. The molecule has 0 aliphatic rings. The number of rotatable bonds is 7. The Morgan fingerprint density at radius 3 is 2.26 bits per heavy atom. The lowest BCUT2D eigenvalue weighted by Gasteiger charge is -2.20. The topological polar surface area (TPSA) is 78.4 Å². The van der Waals surface area contributed by atoms with Gasteiger partial charge in [0.25, 0.3) is 0 Å². The minimum Gasteiger partial charge on any atom is -0.481 e. The molecule has 19 heavy (non-hydrogen) atoms. The lowest BCUT2D eigenvalue weighted by Crippen LogP contribution is -2.45. The zero-order valence-electron chi connectivity index (χ0n) is 10.9. The van der Waals surface area contributed by atoms with Gasteiger partial charge in [0.05, 0.1) is 6.42 Å². The maximum atomic E-state index is 11.8. The van der Waals surface area contributed by atoms with Crippen molar-refractivity contribution in [2.24, 2.45) is 5.92 Å². The molecule has 0 aliphatic heterocycles. The number of halogens is 3. The van der Waals surface area contributed by atoms with E-state index in [0.29, 0.717) is 0 Å². The van der Waals surface area contributed by atoms with Crippen molar-refractivity contribution in [2.45, 2.75) is 45.3 Å². The van der Waals surface area contributed by atoms with Crippen LogP contribution in [0.3, 0.4) is 0 Å². The van der Waals surface area contributed by atoms with Crippen LogP contribution in [0.1, 0.15) is 33.1 Å². The van der Waals surface area contributed by atoms with E-state index in [4.69, 9.17) is 5.11 Å². The number of alkyl halides is 3. The second kappa shape index (κ2) is 7.85.